The third kappa shape index (κ3) is 4.00. The predicted molar refractivity (Wildman–Crippen MR) is 53.0 cm³/mol. The van der Waals surface area contributed by atoms with Crippen LogP contribution in [0.1, 0.15) is 0 Å². The summed E-state index contributed by atoms with van der Waals surface area (Å²) in [5.41, 5.74) is 0. The fourth-order valence-electron chi connectivity index (χ4n) is 0.884. The highest BCUT2D eigenvalue weighted by molar-refractivity contribution is 6.30. The lowest BCUT2D eigenvalue weighted by molar-refractivity contribution is 0.191. The third-order valence-corrected chi connectivity index (χ3v) is 1.68. The maximum absolute atomic E-state index is 10.1. The molecule has 14 heavy (non-hydrogen) atoms. The second kappa shape index (κ2) is 5.34. The second-order valence-corrected chi connectivity index (χ2v) is 2.97. The molecule has 0 aliphatic rings. The van der Waals surface area contributed by atoms with E-state index in [1.807, 2.05) is 0 Å². The molecular weight excluding hydrogens is 206 g/mol. The SMILES string of the molecule is O=C(O)NCCOc1cccc(Cl)c1. The molecule has 0 unspecified atom stereocenters. The van der Waals surface area contributed by atoms with Crippen molar-refractivity contribution in [2.75, 3.05) is 13.2 Å². The molecular formula is C9H10ClNO3. The van der Waals surface area contributed by atoms with Crippen molar-refractivity contribution in [1.29, 1.82) is 0 Å². The lowest BCUT2D eigenvalue weighted by Gasteiger charge is -2.05. The van der Waals surface area contributed by atoms with Crippen molar-refractivity contribution < 1.29 is 14.6 Å². The van der Waals surface area contributed by atoms with Crippen molar-refractivity contribution in [2.24, 2.45) is 0 Å². The molecule has 0 saturated heterocycles. The largest absolute Gasteiger partial charge is 0.492 e. The van der Waals surface area contributed by atoms with E-state index < -0.39 is 6.09 Å². The second-order valence-electron chi connectivity index (χ2n) is 2.54. The molecule has 0 radical (unpaired) electrons. The molecule has 4 nitrogen and oxygen atoms in total. The summed E-state index contributed by atoms with van der Waals surface area (Å²) >= 11 is 5.72. The molecule has 0 aliphatic heterocycles. The molecule has 1 aromatic rings. The van der Waals surface area contributed by atoms with Gasteiger partial charge in [0.25, 0.3) is 0 Å². The van der Waals surface area contributed by atoms with E-state index in [4.69, 9.17) is 21.4 Å². The van der Waals surface area contributed by atoms with Crippen LogP contribution in [0, 0.1) is 0 Å². The summed E-state index contributed by atoms with van der Waals surface area (Å²) < 4.78 is 5.23. The van der Waals surface area contributed by atoms with Crippen LogP contribution in [0.5, 0.6) is 5.75 Å². The van der Waals surface area contributed by atoms with Crippen LogP contribution in [0.3, 0.4) is 0 Å². The van der Waals surface area contributed by atoms with Crippen molar-refractivity contribution in [3.05, 3.63) is 29.3 Å². The third-order valence-electron chi connectivity index (χ3n) is 1.44. The predicted octanol–water partition coefficient (Wildman–Crippen LogP) is 1.99. The van der Waals surface area contributed by atoms with Crippen LogP contribution >= 0.6 is 11.6 Å². The molecule has 0 bridgehead atoms. The first-order valence-electron chi connectivity index (χ1n) is 4.03. The summed E-state index contributed by atoms with van der Waals surface area (Å²) in [5, 5.41) is 11.0. The summed E-state index contributed by atoms with van der Waals surface area (Å²) in [6, 6.07) is 6.93. The Kier molecular flexibility index (Phi) is 4.07. The van der Waals surface area contributed by atoms with Gasteiger partial charge in [-0.15, -0.1) is 0 Å². The topological polar surface area (TPSA) is 58.6 Å². The number of ether oxygens (including phenoxy) is 1. The van der Waals surface area contributed by atoms with Crippen LogP contribution in [0.2, 0.25) is 5.02 Å². The molecule has 0 saturated carbocycles. The van der Waals surface area contributed by atoms with Crippen molar-refractivity contribution in [3.8, 4) is 5.75 Å². The van der Waals surface area contributed by atoms with E-state index in [1.165, 1.54) is 0 Å². The van der Waals surface area contributed by atoms with E-state index in [1.54, 1.807) is 24.3 Å². The van der Waals surface area contributed by atoms with Gasteiger partial charge in [-0.3, -0.25) is 0 Å². The number of carboxylic acid groups (broad SMARTS) is 1. The first kappa shape index (κ1) is 10.7. The molecule has 0 atom stereocenters. The smallest absolute Gasteiger partial charge is 0.404 e. The molecule has 0 aromatic heterocycles. The number of nitrogens with one attached hydrogen (secondary N) is 1. The molecule has 1 amide bonds. The molecule has 76 valence electrons. The van der Waals surface area contributed by atoms with Gasteiger partial charge < -0.3 is 15.2 Å². The van der Waals surface area contributed by atoms with Crippen LogP contribution in [-0.4, -0.2) is 24.4 Å². The number of amides is 1. The lowest BCUT2D eigenvalue weighted by Crippen LogP contribution is -2.26. The fourth-order valence-corrected chi connectivity index (χ4v) is 1.06. The molecule has 1 rings (SSSR count). The molecule has 0 spiro atoms. The van der Waals surface area contributed by atoms with E-state index in [-0.39, 0.29) is 13.2 Å². The molecule has 0 aliphatic carbocycles. The van der Waals surface area contributed by atoms with Gasteiger partial charge in [-0.05, 0) is 18.2 Å². The zero-order valence-corrected chi connectivity index (χ0v) is 8.12. The number of hydrogen-bond donors (Lipinski definition) is 2. The highest BCUT2D eigenvalue weighted by Gasteiger charge is 1.96. The zero-order valence-electron chi connectivity index (χ0n) is 7.37. The Labute approximate surface area is 86.4 Å². The minimum atomic E-state index is -1.06. The Hall–Kier alpha value is -1.42. The van der Waals surface area contributed by atoms with E-state index in [9.17, 15) is 4.79 Å². The fraction of sp³-hybridized carbons (Fsp3) is 0.222. The quantitative estimate of drug-likeness (QED) is 0.756. The highest BCUT2D eigenvalue weighted by atomic mass is 35.5. The maximum atomic E-state index is 10.1. The Morgan fingerprint density at radius 3 is 3.00 bits per heavy atom. The summed E-state index contributed by atoms with van der Waals surface area (Å²) in [6.45, 7) is 0.536. The minimum absolute atomic E-state index is 0.252. The van der Waals surface area contributed by atoms with Gasteiger partial charge in [0.15, 0.2) is 0 Å². The number of benzene rings is 1. The van der Waals surface area contributed by atoms with Gasteiger partial charge in [0.2, 0.25) is 0 Å². The molecule has 0 fully saturated rings. The Morgan fingerprint density at radius 2 is 2.36 bits per heavy atom. The average molecular weight is 216 g/mol. The number of hydrogen-bond acceptors (Lipinski definition) is 2. The molecule has 1 aromatic carbocycles. The highest BCUT2D eigenvalue weighted by Crippen LogP contribution is 2.16. The van der Waals surface area contributed by atoms with Gasteiger partial charge in [0.1, 0.15) is 12.4 Å². The molecule has 5 heteroatoms. The molecule has 2 N–H and O–H groups in total. The number of carbonyl (C=O) groups is 1. The standard InChI is InChI=1S/C9H10ClNO3/c10-7-2-1-3-8(6-7)14-5-4-11-9(12)13/h1-3,6,11H,4-5H2,(H,12,13). The van der Waals surface area contributed by atoms with Gasteiger partial charge in [0, 0.05) is 5.02 Å². The van der Waals surface area contributed by atoms with Gasteiger partial charge in [-0.25, -0.2) is 4.79 Å². The number of rotatable bonds is 4. The van der Waals surface area contributed by atoms with Crippen molar-refractivity contribution in [2.45, 2.75) is 0 Å². The van der Waals surface area contributed by atoms with Gasteiger partial charge >= 0.3 is 6.09 Å². The average Bonchev–Trinajstić information content (AvgIpc) is 2.12. The normalized spacial score (nSPS) is 9.50. The van der Waals surface area contributed by atoms with Gasteiger partial charge in [-0.1, -0.05) is 17.7 Å². The van der Waals surface area contributed by atoms with Crippen LogP contribution < -0.4 is 10.1 Å². The van der Waals surface area contributed by atoms with Gasteiger partial charge in [-0.2, -0.15) is 0 Å². The van der Waals surface area contributed by atoms with Crippen molar-refractivity contribution in [1.82, 2.24) is 5.32 Å². The van der Waals surface area contributed by atoms with Crippen LogP contribution in [-0.2, 0) is 0 Å². The monoisotopic (exact) mass is 215 g/mol. The van der Waals surface area contributed by atoms with E-state index in [0.29, 0.717) is 10.8 Å². The van der Waals surface area contributed by atoms with Crippen LogP contribution in [0.25, 0.3) is 0 Å². The Bertz CT molecular complexity index is 317. The minimum Gasteiger partial charge on any atom is -0.492 e. The maximum Gasteiger partial charge on any atom is 0.404 e. The first-order valence-corrected chi connectivity index (χ1v) is 4.41. The van der Waals surface area contributed by atoms with Gasteiger partial charge in [0.05, 0.1) is 6.54 Å². The summed E-state index contributed by atoms with van der Waals surface area (Å²) in [7, 11) is 0. The first-order chi connectivity index (χ1) is 6.68. The van der Waals surface area contributed by atoms with Crippen molar-refractivity contribution >= 4 is 17.7 Å². The van der Waals surface area contributed by atoms with Crippen LogP contribution in [0.4, 0.5) is 4.79 Å². The van der Waals surface area contributed by atoms with Crippen LogP contribution in [0.15, 0.2) is 24.3 Å². The van der Waals surface area contributed by atoms with E-state index in [0.717, 1.165) is 0 Å². The zero-order chi connectivity index (χ0) is 10.4. The summed E-state index contributed by atoms with van der Waals surface area (Å²) in [5.74, 6) is 0.629. The lowest BCUT2D eigenvalue weighted by atomic mass is 10.3. The van der Waals surface area contributed by atoms with Crippen molar-refractivity contribution in [3.63, 3.8) is 0 Å². The van der Waals surface area contributed by atoms with E-state index >= 15 is 0 Å². The molecule has 0 heterocycles. The Balaban J connectivity index is 2.28. The summed E-state index contributed by atoms with van der Waals surface area (Å²) in [6.07, 6.45) is -1.06. The Morgan fingerprint density at radius 1 is 1.57 bits per heavy atom. The summed E-state index contributed by atoms with van der Waals surface area (Å²) in [4.78, 5) is 10.1. The van der Waals surface area contributed by atoms with E-state index in [2.05, 4.69) is 5.32 Å². The number of halogens is 1.